The summed E-state index contributed by atoms with van der Waals surface area (Å²) < 4.78 is 0. The first kappa shape index (κ1) is 15.6. The number of H-pyrrole nitrogens is 1. The van der Waals surface area contributed by atoms with Crippen LogP contribution in [-0.2, 0) is 0 Å². The predicted molar refractivity (Wildman–Crippen MR) is 97.6 cm³/mol. The lowest BCUT2D eigenvalue weighted by atomic mass is 9.97. The minimum Gasteiger partial charge on any atom is -0.342 e. The van der Waals surface area contributed by atoms with Crippen LogP contribution in [0.15, 0.2) is 42.6 Å². The molecule has 3 heterocycles. The highest BCUT2D eigenvalue weighted by molar-refractivity contribution is 5.88. The molecule has 1 aliphatic heterocycles. The average molecular weight is 335 g/mol. The molecular weight excluding hydrogens is 314 g/mol. The number of amides is 2. The van der Waals surface area contributed by atoms with E-state index in [1.54, 1.807) is 12.3 Å². The second-order valence-electron chi connectivity index (χ2n) is 6.57. The lowest BCUT2D eigenvalue weighted by molar-refractivity contribution is 0.191. The van der Waals surface area contributed by atoms with Gasteiger partial charge in [-0.2, -0.15) is 0 Å². The van der Waals surface area contributed by atoms with Crippen LogP contribution >= 0.6 is 0 Å². The molecule has 2 amide bonds. The van der Waals surface area contributed by atoms with Crippen LogP contribution in [0.3, 0.4) is 0 Å². The zero-order valence-electron chi connectivity index (χ0n) is 14.2. The third kappa shape index (κ3) is 3.33. The van der Waals surface area contributed by atoms with E-state index in [1.165, 1.54) is 5.56 Å². The van der Waals surface area contributed by atoms with Crippen LogP contribution in [0.25, 0.3) is 11.0 Å². The minimum atomic E-state index is -0.102. The van der Waals surface area contributed by atoms with Crippen LogP contribution in [0.5, 0.6) is 0 Å². The lowest BCUT2D eigenvalue weighted by Crippen LogP contribution is -2.42. The number of piperidine rings is 1. The maximum Gasteiger partial charge on any atom is 0.323 e. The van der Waals surface area contributed by atoms with E-state index < -0.39 is 0 Å². The summed E-state index contributed by atoms with van der Waals surface area (Å²) in [6.07, 6.45) is 3.67. The van der Waals surface area contributed by atoms with Crippen molar-refractivity contribution in [1.29, 1.82) is 0 Å². The van der Waals surface area contributed by atoms with Crippen LogP contribution in [0.2, 0.25) is 0 Å². The van der Waals surface area contributed by atoms with Gasteiger partial charge < -0.3 is 9.88 Å². The van der Waals surface area contributed by atoms with Crippen LogP contribution in [0.4, 0.5) is 10.6 Å². The number of likely N-dealkylation sites (tertiary alicyclic amines) is 1. The Morgan fingerprint density at radius 1 is 1.32 bits per heavy atom. The zero-order valence-corrected chi connectivity index (χ0v) is 14.2. The second-order valence-corrected chi connectivity index (χ2v) is 6.57. The van der Waals surface area contributed by atoms with Gasteiger partial charge >= 0.3 is 6.03 Å². The molecule has 4 rings (SSSR count). The monoisotopic (exact) mass is 335 g/mol. The van der Waals surface area contributed by atoms with Gasteiger partial charge in [0.2, 0.25) is 0 Å². The molecule has 1 aromatic carbocycles. The van der Waals surface area contributed by atoms with E-state index in [-0.39, 0.29) is 11.9 Å². The first-order chi connectivity index (χ1) is 12.2. The van der Waals surface area contributed by atoms with E-state index >= 15 is 0 Å². The Labute approximate surface area is 146 Å². The first-order valence-corrected chi connectivity index (χ1v) is 8.62. The van der Waals surface area contributed by atoms with Crippen molar-refractivity contribution < 1.29 is 4.79 Å². The van der Waals surface area contributed by atoms with Crippen molar-refractivity contribution in [2.24, 2.45) is 0 Å². The molecule has 0 aliphatic carbocycles. The fourth-order valence-electron chi connectivity index (χ4n) is 3.35. The summed E-state index contributed by atoms with van der Waals surface area (Å²) in [6, 6.07) is 11.6. The van der Waals surface area contributed by atoms with Crippen molar-refractivity contribution in [3.63, 3.8) is 0 Å². The lowest BCUT2D eigenvalue weighted by Gasteiger charge is -2.31. The molecule has 128 valence electrons. The third-order valence-corrected chi connectivity index (χ3v) is 4.65. The second kappa shape index (κ2) is 6.55. The molecule has 2 aromatic heterocycles. The summed E-state index contributed by atoms with van der Waals surface area (Å²) in [5.41, 5.74) is 3.25. The Morgan fingerprint density at radius 2 is 2.24 bits per heavy atom. The minimum absolute atomic E-state index is 0.102. The maximum atomic E-state index is 12.5. The Hall–Kier alpha value is -2.89. The number of hydrogen-bond donors (Lipinski definition) is 2. The highest BCUT2D eigenvalue weighted by Crippen LogP contribution is 2.27. The zero-order chi connectivity index (χ0) is 17.2. The van der Waals surface area contributed by atoms with Gasteiger partial charge in [-0.25, -0.2) is 14.8 Å². The molecule has 25 heavy (non-hydrogen) atoms. The van der Waals surface area contributed by atoms with Gasteiger partial charge in [0.1, 0.15) is 11.6 Å². The van der Waals surface area contributed by atoms with E-state index in [4.69, 9.17) is 4.98 Å². The molecule has 1 fully saturated rings. The van der Waals surface area contributed by atoms with Crippen molar-refractivity contribution in [1.82, 2.24) is 19.9 Å². The largest absolute Gasteiger partial charge is 0.342 e. The van der Waals surface area contributed by atoms with Gasteiger partial charge in [0.05, 0.1) is 11.0 Å². The summed E-state index contributed by atoms with van der Waals surface area (Å²) in [6.45, 7) is 3.50. The molecule has 1 atom stereocenters. The molecule has 6 nitrogen and oxygen atoms in total. The number of nitrogens with zero attached hydrogens (tertiary/aromatic N) is 3. The van der Waals surface area contributed by atoms with E-state index in [0.29, 0.717) is 12.4 Å². The van der Waals surface area contributed by atoms with Gasteiger partial charge in [-0.15, -0.1) is 0 Å². The van der Waals surface area contributed by atoms with Gasteiger partial charge in [-0.3, -0.25) is 5.32 Å². The topological polar surface area (TPSA) is 73.9 Å². The standard InChI is InChI=1S/C19H21N5O/c1-13-7-8-15-16(11-13)22-18(21-15)14-5-4-10-24(12-14)19(25)23-17-6-2-3-9-20-17/h2-3,6-9,11,14H,4-5,10,12H2,1H3,(H,21,22)(H,20,23,25). The summed E-state index contributed by atoms with van der Waals surface area (Å²) in [5.74, 6) is 1.78. The quantitative estimate of drug-likeness (QED) is 0.750. The number of aromatic nitrogens is 3. The molecule has 0 spiro atoms. The molecule has 1 unspecified atom stereocenters. The Balaban J connectivity index is 1.49. The molecule has 0 bridgehead atoms. The number of pyridine rings is 1. The highest BCUT2D eigenvalue weighted by atomic mass is 16.2. The van der Waals surface area contributed by atoms with Crippen molar-refractivity contribution in [2.45, 2.75) is 25.7 Å². The number of aryl methyl sites for hydroxylation is 1. The van der Waals surface area contributed by atoms with Crippen molar-refractivity contribution in [3.8, 4) is 0 Å². The normalized spacial score (nSPS) is 17.6. The van der Waals surface area contributed by atoms with Crippen molar-refractivity contribution >= 4 is 22.9 Å². The smallest absolute Gasteiger partial charge is 0.323 e. The van der Waals surface area contributed by atoms with Crippen LogP contribution in [-0.4, -0.2) is 39.0 Å². The number of fused-ring (bicyclic) bond motifs is 1. The number of benzene rings is 1. The maximum absolute atomic E-state index is 12.5. The van der Waals surface area contributed by atoms with E-state index in [2.05, 4.69) is 34.3 Å². The highest BCUT2D eigenvalue weighted by Gasteiger charge is 2.27. The van der Waals surface area contributed by atoms with Gasteiger partial charge in [0.25, 0.3) is 0 Å². The van der Waals surface area contributed by atoms with Gasteiger partial charge in [0, 0.05) is 25.2 Å². The molecule has 2 N–H and O–H groups in total. The Kier molecular flexibility index (Phi) is 4.09. The molecular formula is C19H21N5O. The van der Waals surface area contributed by atoms with Gasteiger partial charge in [0.15, 0.2) is 0 Å². The summed E-state index contributed by atoms with van der Waals surface area (Å²) >= 11 is 0. The number of urea groups is 1. The van der Waals surface area contributed by atoms with E-state index in [1.807, 2.05) is 23.1 Å². The predicted octanol–water partition coefficient (Wildman–Crippen LogP) is 3.68. The fraction of sp³-hybridized carbons (Fsp3) is 0.316. The molecule has 0 saturated carbocycles. The van der Waals surface area contributed by atoms with Crippen LogP contribution in [0, 0.1) is 6.92 Å². The first-order valence-electron chi connectivity index (χ1n) is 8.62. The molecule has 3 aromatic rings. The Morgan fingerprint density at radius 3 is 3.08 bits per heavy atom. The number of hydrogen-bond acceptors (Lipinski definition) is 3. The number of aromatic amines is 1. The third-order valence-electron chi connectivity index (χ3n) is 4.65. The number of carbonyl (C=O) groups excluding carboxylic acids is 1. The average Bonchev–Trinajstić information content (AvgIpc) is 3.06. The van der Waals surface area contributed by atoms with Crippen LogP contribution < -0.4 is 5.32 Å². The van der Waals surface area contributed by atoms with Crippen molar-refractivity contribution in [2.75, 3.05) is 18.4 Å². The molecule has 6 heteroatoms. The van der Waals surface area contributed by atoms with E-state index in [0.717, 1.165) is 36.2 Å². The molecule has 1 saturated heterocycles. The Bertz CT molecular complexity index is 889. The SMILES string of the molecule is Cc1ccc2nc(C3CCCN(C(=O)Nc4ccccn4)C3)[nH]c2c1. The van der Waals surface area contributed by atoms with Gasteiger partial charge in [-0.05, 0) is 49.6 Å². The van der Waals surface area contributed by atoms with Crippen LogP contribution in [0.1, 0.15) is 30.1 Å². The number of imidazole rings is 1. The number of anilines is 1. The summed E-state index contributed by atoms with van der Waals surface area (Å²) in [4.78, 5) is 26.7. The molecule has 1 aliphatic rings. The summed E-state index contributed by atoms with van der Waals surface area (Å²) in [7, 11) is 0. The fourth-order valence-corrected chi connectivity index (χ4v) is 3.35. The van der Waals surface area contributed by atoms with E-state index in [9.17, 15) is 4.79 Å². The molecule has 0 radical (unpaired) electrons. The summed E-state index contributed by atoms with van der Waals surface area (Å²) in [5, 5.41) is 2.86. The number of carbonyl (C=O) groups is 1. The number of rotatable bonds is 2. The van der Waals surface area contributed by atoms with Gasteiger partial charge in [-0.1, -0.05) is 12.1 Å². The van der Waals surface area contributed by atoms with Crippen molar-refractivity contribution in [3.05, 3.63) is 54.0 Å². The number of nitrogens with one attached hydrogen (secondary N) is 2.